The van der Waals surface area contributed by atoms with Crippen LogP contribution in [0.4, 0.5) is 0 Å². The van der Waals surface area contributed by atoms with Gasteiger partial charge in [-0.3, -0.25) is 24.2 Å². The highest BCUT2D eigenvalue weighted by molar-refractivity contribution is 5.97. The van der Waals surface area contributed by atoms with E-state index in [0.29, 0.717) is 51.6 Å². The van der Waals surface area contributed by atoms with Crippen LogP contribution in [0.5, 0.6) is 5.75 Å². The summed E-state index contributed by atoms with van der Waals surface area (Å²) in [6.07, 6.45) is 6.23. The average molecular weight is 545 g/mol. The second-order valence-corrected chi connectivity index (χ2v) is 9.37. The standard InChI is InChI=1S/C26H40N8O5/c27-14-2-1-5-20(24(38)32-19(23(28)37)6-3-15-31-26(29)30)33-25(39)21-7-4-16-34(21)22(36)13-10-17-8-11-18(35)12-9-17/h8-13,19-21,35H,1-7,14-16,27H2,(H2,28,37)(H,32,38)(H,33,39)(H4,29,30,31)/b13-10+. The summed E-state index contributed by atoms with van der Waals surface area (Å²) in [4.78, 5) is 56.4. The van der Waals surface area contributed by atoms with E-state index >= 15 is 0 Å². The van der Waals surface area contributed by atoms with Crippen LogP contribution in [-0.2, 0) is 19.2 Å². The van der Waals surface area contributed by atoms with E-state index in [1.807, 2.05) is 0 Å². The van der Waals surface area contributed by atoms with E-state index in [1.165, 1.54) is 23.1 Å². The Bertz CT molecular complexity index is 1040. The van der Waals surface area contributed by atoms with Gasteiger partial charge in [0, 0.05) is 19.2 Å². The minimum atomic E-state index is -0.963. The number of benzene rings is 1. The normalized spacial score (nSPS) is 16.4. The number of nitrogens with one attached hydrogen (secondary N) is 2. The van der Waals surface area contributed by atoms with Crippen LogP contribution < -0.4 is 33.6 Å². The van der Waals surface area contributed by atoms with E-state index in [1.54, 1.807) is 18.2 Å². The number of likely N-dealkylation sites (tertiary alicyclic amines) is 1. The first-order valence-corrected chi connectivity index (χ1v) is 13.1. The number of primary amides is 1. The van der Waals surface area contributed by atoms with Crippen molar-refractivity contribution < 1.29 is 24.3 Å². The predicted octanol–water partition coefficient (Wildman–Crippen LogP) is -0.966. The third kappa shape index (κ3) is 10.6. The Labute approximate surface area is 228 Å². The van der Waals surface area contributed by atoms with Gasteiger partial charge in [0.1, 0.15) is 23.9 Å². The quantitative estimate of drug-likeness (QED) is 0.0627. The lowest BCUT2D eigenvalue weighted by Gasteiger charge is -2.26. The molecular weight excluding hydrogens is 504 g/mol. The number of nitrogens with two attached hydrogens (primary N) is 4. The topological polar surface area (TPSA) is 232 Å². The summed E-state index contributed by atoms with van der Waals surface area (Å²) in [6.45, 7) is 1.10. The summed E-state index contributed by atoms with van der Waals surface area (Å²) in [5.74, 6) is -2.00. The van der Waals surface area contributed by atoms with Gasteiger partial charge in [0.15, 0.2) is 5.96 Å². The molecule has 0 bridgehead atoms. The molecule has 0 aromatic heterocycles. The van der Waals surface area contributed by atoms with Crippen LogP contribution in [0.15, 0.2) is 35.3 Å². The minimum Gasteiger partial charge on any atom is -0.508 e. The van der Waals surface area contributed by atoms with E-state index in [9.17, 15) is 24.3 Å². The maximum absolute atomic E-state index is 13.2. The van der Waals surface area contributed by atoms with Crippen LogP contribution in [0.2, 0.25) is 0 Å². The monoisotopic (exact) mass is 544 g/mol. The number of phenolic OH excluding ortho intramolecular Hbond substituents is 1. The molecule has 214 valence electrons. The van der Waals surface area contributed by atoms with E-state index in [2.05, 4.69) is 15.6 Å². The van der Waals surface area contributed by atoms with Crippen LogP contribution >= 0.6 is 0 Å². The van der Waals surface area contributed by atoms with Crippen LogP contribution in [0, 0.1) is 0 Å². The van der Waals surface area contributed by atoms with Crippen molar-refractivity contribution in [3.05, 3.63) is 35.9 Å². The summed E-state index contributed by atoms with van der Waals surface area (Å²) in [6, 6.07) is 3.72. The number of carbonyl (C=O) groups excluding carboxylic acids is 4. The number of hydrogen-bond acceptors (Lipinski definition) is 7. The first kappa shape index (κ1) is 31.1. The Morgan fingerprint density at radius 2 is 1.72 bits per heavy atom. The Morgan fingerprint density at radius 3 is 2.36 bits per heavy atom. The second kappa shape index (κ2) is 16.0. The Hall–Kier alpha value is -4.13. The maximum Gasteiger partial charge on any atom is 0.247 e. The molecule has 0 spiro atoms. The van der Waals surface area contributed by atoms with Crippen molar-refractivity contribution in [1.29, 1.82) is 0 Å². The molecule has 1 saturated heterocycles. The van der Waals surface area contributed by atoms with Gasteiger partial charge >= 0.3 is 0 Å². The largest absolute Gasteiger partial charge is 0.508 e. The molecule has 4 amide bonds. The maximum atomic E-state index is 13.2. The van der Waals surface area contributed by atoms with Gasteiger partial charge in [0.2, 0.25) is 23.6 Å². The molecule has 39 heavy (non-hydrogen) atoms. The fourth-order valence-electron chi connectivity index (χ4n) is 4.24. The fourth-order valence-corrected chi connectivity index (χ4v) is 4.24. The van der Waals surface area contributed by atoms with Crippen molar-refractivity contribution >= 4 is 35.7 Å². The molecule has 0 radical (unpaired) electrons. The van der Waals surface area contributed by atoms with Crippen molar-refractivity contribution in [2.24, 2.45) is 27.9 Å². The van der Waals surface area contributed by atoms with Crippen molar-refractivity contribution in [2.75, 3.05) is 19.6 Å². The van der Waals surface area contributed by atoms with E-state index in [0.717, 1.165) is 5.56 Å². The third-order valence-electron chi connectivity index (χ3n) is 6.34. The summed E-state index contributed by atoms with van der Waals surface area (Å²) >= 11 is 0. The van der Waals surface area contributed by atoms with E-state index in [4.69, 9.17) is 22.9 Å². The zero-order valence-electron chi connectivity index (χ0n) is 22.1. The number of nitrogens with zero attached hydrogens (tertiary/aromatic N) is 2. The average Bonchev–Trinajstić information content (AvgIpc) is 3.39. The highest BCUT2D eigenvalue weighted by atomic mass is 16.3. The number of phenols is 1. The summed E-state index contributed by atoms with van der Waals surface area (Å²) < 4.78 is 0. The summed E-state index contributed by atoms with van der Waals surface area (Å²) in [5, 5.41) is 14.8. The molecule has 1 aliphatic heterocycles. The second-order valence-electron chi connectivity index (χ2n) is 9.37. The molecule has 1 aromatic carbocycles. The summed E-state index contributed by atoms with van der Waals surface area (Å²) in [7, 11) is 0. The molecule has 13 heteroatoms. The SMILES string of the molecule is NCCCCC(NC(=O)C1CCCN1C(=O)/C=C/c1ccc(O)cc1)C(=O)NC(CCCN=C(N)N)C(N)=O. The highest BCUT2D eigenvalue weighted by Gasteiger charge is 2.35. The van der Waals surface area contributed by atoms with Crippen LogP contribution in [0.1, 0.15) is 50.5 Å². The van der Waals surface area contributed by atoms with E-state index < -0.39 is 35.8 Å². The van der Waals surface area contributed by atoms with Gasteiger partial charge < -0.3 is 43.6 Å². The van der Waals surface area contributed by atoms with Gasteiger partial charge in [0.25, 0.3) is 0 Å². The number of hydrogen-bond donors (Lipinski definition) is 7. The predicted molar refractivity (Wildman–Crippen MR) is 148 cm³/mol. The summed E-state index contributed by atoms with van der Waals surface area (Å²) in [5.41, 5.74) is 22.4. The number of unbranched alkanes of at least 4 members (excludes halogenated alkanes) is 1. The lowest BCUT2D eigenvalue weighted by Crippen LogP contribution is -2.55. The number of rotatable bonds is 15. The first-order valence-electron chi connectivity index (χ1n) is 13.1. The van der Waals surface area contributed by atoms with Gasteiger partial charge in [-0.1, -0.05) is 12.1 Å². The number of amides is 4. The molecule has 3 unspecified atom stereocenters. The molecule has 1 aromatic rings. The van der Waals surface area contributed by atoms with Crippen molar-refractivity contribution in [2.45, 2.75) is 63.1 Å². The zero-order chi connectivity index (χ0) is 28.8. The molecule has 11 N–H and O–H groups in total. The smallest absolute Gasteiger partial charge is 0.247 e. The van der Waals surface area contributed by atoms with Gasteiger partial charge in [-0.2, -0.15) is 0 Å². The molecule has 13 nitrogen and oxygen atoms in total. The van der Waals surface area contributed by atoms with Gasteiger partial charge in [0.05, 0.1) is 0 Å². The van der Waals surface area contributed by atoms with E-state index in [-0.39, 0.29) is 30.6 Å². The highest BCUT2D eigenvalue weighted by Crippen LogP contribution is 2.19. The third-order valence-corrected chi connectivity index (χ3v) is 6.34. The van der Waals surface area contributed by atoms with Gasteiger partial charge in [-0.25, -0.2) is 0 Å². The number of carbonyl (C=O) groups is 4. The molecule has 0 aliphatic carbocycles. The fraction of sp³-hybridized carbons (Fsp3) is 0.500. The Morgan fingerprint density at radius 1 is 1.03 bits per heavy atom. The Balaban J connectivity index is 2.05. The van der Waals surface area contributed by atoms with Crippen LogP contribution in [0.25, 0.3) is 6.08 Å². The van der Waals surface area contributed by atoms with Crippen molar-refractivity contribution in [3.63, 3.8) is 0 Å². The molecular formula is C26H40N8O5. The molecule has 2 rings (SSSR count). The molecule has 3 atom stereocenters. The first-order chi connectivity index (χ1) is 18.6. The lowest BCUT2D eigenvalue weighted by atomic mass is 10.1. The molecule has 0 saturated carbocycles. The molecule has 1 heterocycles. The number of aliphatic imine (C=N–C) groups is 1. The number of guanidine groups is 1. The minimum absolute atomic E-state index is 0.0763. The van der Waals surface area contributed by atoms with Crippen LogP contribution in [0.3, 0.4) is 0 Å². The Kier molecular flexibility index (Phi) is 12.7. The van der Waals surface area contributed by atoms with Crippen LogP contribution in [-0.4, -0.2) is 77.4 Å². The van der Waals surface area contributed by atoms with Crippen molar-refractivity contribution in [1.82, 2.24) is 15.5 Å². The van der Waals surface area contributed by atoms with Gasteiger partial charge in [-0.15, -0.1) is 0 Å². The lowest BCUT2D eigenvalue weighted by molar-refractivity contribution is -0.137. The van der Waals surface area contributed by atoms with Crippen molar-refractivity contribution in [3.8, 4) is 5.75 Å². The molecule has 1 fully saturated rings. The number of aromatic hydroxyl groups is 1. The zero-order valence-corrected chi connectivity index (χ0v) is 22.1. The molecule has 1 aliphatic rings. The van der Waals surface area contributed by atoms with Gasteiger partial charge in [-0.05, 0) is 75.3 Å².